The van der Waals surface area contributed by atoms with Gasteiger partial charge in [-0.3, -0.25) is 0 Å². The zero-order valence-corrected chi connectivity index (χ0v) is 16.5. The molecule has 0 aromatic carbocycles. The fourth-order valence-corrected chi connectivity index (χ4v) is 8.28. The fraction of sp³-hybridized carbons (Fsp3) is 1.00. The predicted molar refractivity (Wildman–Crippen MR) is 93.0 cm³/mol. The van der Waals surface area contributed by atoms with E-state index < -0.39 is 30.4 Å². The van der Waals surface area contributed by atoms with Gasteiger partial charge in [0, 0.05) is 25.5 Å². The van der Waals surface area contributed by atoms with Crippen LogP contribution >= 0.6 is 0 Å². The van der Waals surface area contributed by atoms with Gasteiger partial charge in [-0.2, -0.15) is 0 Å². The molecule has 0 aliphatic heterocycles. The molecule has 0 aromatic rings. The molecule has 8 heteroatoms. The molecule has 2 fully saturated rings. The van der Waals surface area contributed by atoms with Gasteiger partial charge in [0.2, 0.25) is 0 Å². The Kier molecular flexibility index (Phi) is 6.05. The average molecular weight is 383 g/mol. The van der Waals surface area contributed by atoms with Crippen LogP contribution in [0.15, 0.2) is 0 Å². The van der Waals surface area contributed by atoms with Crippen LogP contribution in [0.5, 0.6) is 0 Å². The molecule has 2 aliphatic rings. The molecule has 6 atom stereocenters. The van der Waals surface area contributed by atoms with Crippen LogP contribution in [0.3, 0.4) is 0 Å². The molecule has 0 saturated heterocycles. The highest BCUT2D eigenvalue weighted by molar-refractivity contribution is 8.08. The third-order valence-electron chi connectivity index (χ3n) is 6.10. The Labute approximate surface area is 145 Å². The zero-order chi connectivity index (χ0) is 18.3. The molecule has 0 spiro atoms. The summed E-state index contributed by atoms with van der Waals surface area (Å²) in [6.07, 6.45) is 2.72. The van der Waals surface area contributed by atoms with E-state index in [1.807, 2.05) is 0 Å². The molecule has 2 aliphatic carbocycles. The molecular formula is C16H30O6S2. The standard InChI is InChI=1S/C16H30O6S2/c1-10-11(2)15-6-12(10)5-13(15)8-22-9-14(17)7-16(23(3,18)19)24(4,20)21/h10-17H,5-9H2,1-4H3. The molecular weight excluding hydrogens is 352 g/mol. The van der Waals surface area contributed by atoms with Crippen LogP contribution in [0, 0.1) is 29.6 Å². The Morgan fingerprint density at radius 2 is 1.62 bits per heavy atom. The van der Waals surface area contributed by atoms with Crippen molar-refractivity contribution in [2.45, 2.75) is 43.8 Å². The van der Waals surface area contributed by atoms with E-state index in [0.29, 0.717) is 24.4 Å². The van der Waals surface area contributed by atoms with E-state index in [1.54, 1.807) is 0 Å². The monoisotopic (exact) mass is 382 g/mol. The maximum absolute atomic E-state index is 11.6. The number of hydrogen-bond acceptors (Lipinski definition) is 6. The van der Waals surface area contributed by atoms with Gasteiger partial charge in [0.15, 0.2) is 24.3 Å². The van der Waals surface area contributed by atoms with Gasteiger partial charge in [-0.1, -0.05) is 13.8 Å². The van der Waals surface area contributed by atoms with Crippen LogP contribution in [-0.4, -0.2) is 58.4 Å². The summed E-state index contributed by atoms with van der Waals surface area (Å²) in [5.74, 6) is 3.39. The maximum Gasteiger partial charge on any atom is 0.164 e. The largest absolute Gasteiger partial charge is 0.391 e. The number of ether oxygens (including phenoxy) is 1. The lowest BCUT2D eigenvalue weighted by molar-refractivity contribution is 0.00208. The van der Waals surface area contributed by atoms with Gasteiger partial charge in [-0.25, -0.2) is 16.8 Å². The number of aliphatic hydroxyl groups is 1. The predicted octanol–water partition coefficient (Wildman–Crippen LogP) is 1.10. The quantitative estimate of drug-likeness (QED) is 0.675. The van der Waals surface area contributed by atoms with Gasteiger partial charge < -0.3 is 9.84 Å². The number of hydrogen-bond donors (Lipinski definition) is 1. The van der Waals surface area contributed by atoms with Gasteiger partial charge in [0.25, 0.3) is 0 Å². The lowest BCUT2D eigenvalue weighted by Crippen LogP contribution is -2.35. The number of sulfone groups is 2. The lowest BCUT2D eigenvalue weighted by Gasteiger charge is -2.31. The van der Waals surface area contributed by atoms with Crippen molar-refractivity contribution in [1.82, 2.24) is 0 Å². The summed E-state index contributed by atoms with van der Waals surface area (Å²) in [4.78, 5) is 0. The third-order valence-corrected chi connectivity index (χ3v) is 10.5. The molecule has 0 heterocycles. The third kappa shape index (κ3) is 4.51. The minimum atomic E-state index is -3.78. The van der Waals surface area contributed by atoms with Crippen LogP contribution in [0.2, 0.25) is 0 Å². The van der Waals surface area contributed by atoms with E-state index in [-0.39, 0.29) is 13.0 Å². The summed E-state index contributed by atoms with van der Waals surface area (Å²) >= 11 is 0. The molecule has 2 bridgehead atoms. The molecule has 1 N–H and O–H groups in total. The maximum atomic E-state index is 11.6. The number of fused-ring (bicyclic) bond motifs is 2. The van der Waals surface area contributed by atoms with Crippen molar-refractivity contribution < 1.29 is 26.7 Å². The summed E-state index contributed by atoms with van der Waals surface area (Å²) in [7, 11) is -7.56. The Balaban J connectivity index is 1.81. The Hall–Kier alpha value is -0.180. The van der Waals surface area contributed by atoms with Crippen LogP contribution in [0.4, 0.5) is 0 Å². The highest BCUT2D eigenvalue weighted by atomic mass is 32.3. The summed E-state index contributed by atoms with van der Waals surface area (Å²) < 4.78 is 50.5. The molecule has 142 valence electrons. The molecule has 24 heavy (non-hydrogen) atoms. The second kappa shape index (κ2) is 7.21. The molecule has 6 nitrogen and oxygen atoms in total. The minimum Gasteiger partial charge on any atom is -0.391 e. The summed E-state index contributed by atoms with van der Waals surface area (Å²) in [6.45, 7) is 5.13. The average Bonchev–Trinajstić information content (AvgIpc) is 2.94. The number of rotatable bonds is 8. The first kappa shape index (κ1) is 20.1. The van der Waals surface area contributed by atoms with Crippen molar-refractivity contribution in [3.05, 3.63) is 0 Å². The molecule has 0 radical (unpaired) electrons. The van der Waals surface area contributed by atoms with Gasteiger partial charge in [-0.05, 0) is 42.4 Å². The van der Waals surface area contributed by atoms with Crippen molar-refractivity contribution in [3.63, 3.8) is 0 Å². The summed E-state index contributed by atoms with van der Waals surface area (Å²) in [5, 5.41) is 9.99. The van der Waals surface area contributed by atoms with Gasteiger partial charge in [0.05, 0.1) is 12.7 Å². The van der Waals surface area contributed by atoms with Crippen molar-refractivity contribution >= 4 is 19.7 Å². The highest BCUT2D eigenvalue weighted by Crippen LogP contribution is 2.54. The van der Waals surface area contributed by atoms with E-state index in [2.05, 4.69) is 13.8 Å². The first-order valence-corrected chi connectivity index (χ1v) is 12.5. The molecule has 2 saturated carbocycles. The zero-order valence-electron chi connectivity index (χ0n) is 14.9. The molecule has 2 rings (SSSR count). The molecule has 0 aromatic heterocycles. The lowest BCUT2D eigenvalue weighted by atomic mass is 9.76. The van der Waals surface area contributed by atoms with E-state index in [4.69, 9.17) is 4.74 Å². The summed E-state index contributed by atoms with van der Waals surface area (Å²) in [6, 6.07) is 0. The molecule has 0 amide bonds. The van der Waals surface area contributed by atoms with Gasteiger partial charge >= 0.3 is 0 Å². The Bertz CT molecular complexity index is 607. The SMILES string of the molecule is CC1C2CC(COCC(O)CC(S(C)(=O)=O)S(C)(=O)=O)C(C2)C1C. The van der Waals surface area contributed by atoms with E-state index in [1.165, 1.54) is 6.42 Å². The minimum absolute atomic E-state index is 0.0284. The van der Waals surface area contributed by atoms with Gasteiger partial charge in [0.1, 0.15) is 0 Å². The topological polar surface area (TPSA) is 97.7 Å². The normalized spacial score (nSPS) is 34.8. The highest BCUT2D eigenvalue weighted by Gasteiger charge is 2.48. The Morgan fingerprint density at radius 3 is 2.08 bits per heavy atom. The summed E-state index contributed by atoms with van der Waals surface area (Å²) in [5.41, 5.74) is 0. The molecule has 6 unspecified atom stereocenters. The fourth-order valence-electron chi connectivity index (χ4n) is 4.60. The van der Waals surface area contributed by atoms with E-state index in [0.717, 1.165) is 30.8 Å². The second-order valence-electron chi connectivity index (χ2n) is 7.89. The first-order chi connectivity index (χ1) is 10.9. The van der Waals surface area contributed by atoms with E-state index >= 15 is 0 Å². The van der Waals surface area contributed by atoms with Crippen molar-refractivity contribution in [2.24, 2.45) is 29.6 Å². The van der Waals surface area contributed by atoms with Crippen LogP contribution in [-0.2, 0) is 24.4 Å². The smallest absolute Gasteiger partial charge is 0.164 e. The van der Waals surface area contributed by atoms with Crippen LogP contribution in [0.1, 0.15) is 33.1 Å². The second-order valence-corrected chi connectivity index (χ2v) is 12.6. The van der Waals surface area contributed by atoms with Crippen molar-refractivity contribution in [2.75, 3.05) is 25.7 Å². The first-order valence-electron chi connectivity index (χ1n) is 8.54. The van der Waals surface area contributed by atoms with Gasteiger partial charge in [-0.15, -0.1) is 0 Å². The Morgan fingerprint density at radius 1 is 1.04 bits per heavy atom. The van der Waals surface area contributed by atoms with Crippen molar-refractivity contribution in [3.8, 4) is 0 Å². The van der Waals surface area contributed by atoms with E-state index in [9.17, 15) is 21.9 Å². The van der Waals surface area contributed by atoms with Crippen molar-refractivity contribution in [1.29, 1.82) is 0 Å². The number of aliphatic hydroxyl groups excluding tert-OH is 1. The van der Waals surface area contributed by atoms with Crippen LogP contribution < -0.4 is 0 Å². The van der Waals surface area contributed by atoms with Crippen LogP contribution in [0.25, 0.3) is 0 Å².